The Morgan fingerprint density at radius 3 is 2.36 bits per heavy atom. The van der Waals surface area contributed by atoms with Crippen molar-refractivity contribution in [2.24, 2.45) is 4.99 Å². The number of rotatable bonds is 10. The molecule has 0 aliphatic heterocycles. The predicted octanol–water partition coefficient (Wildman–Crippen LogP) is 3.88. The molecule has 1 atom stereocenters. The smallest absolute Gasteiger partial charge is 0.330 e. The van der Waals surface area contributed by atoms with Crippen molar-refractivity contribution in [2.45, 2.75) is 12.5 Å². The van der Waals surface area contributed by atoms with Gasteiger partial charge in [0.1, 0.15) is 5.75 Å². The number of para-hydroxylation sites is 1. The number of phenolic OH excluding ortho intramolecular Hbond substituents is 1. The van der Waals surface area contributed by atoms with Crippen LogP contribution in [0.25, 0.3) is 0 Å². The molecular formula is C21H24Cl2N2O3. The number of hydrogen-bond acceptors (Lipinski definition) is 5. The molecule has 0 aliphatic rings. The molecule has 0 amide bonds. The lowest BCUT2D eigenvalue weighted by Gasteiger charge is -2.23. The number of aromatic hydroxyl groups is 1. The van der Waals surface area contributed by atoms with Gasteiger partial charge in [-0.05, 0) is 29.8 Å². The summed E-state index contributed by atoms with van der Waals surface area (Å²) in [6.07, 6.45) is 1.88. The zero-order chi connectivity index (χ0) is 20.4. The average Bonchev–Trinajstić information content (AvgIpc) is 2.72. The van der Waals surface area contributed by atoms with E-state index in [0.717, 1.165) is 11.3 Å². The van der Waals surface area contributed by atoms with Crippen molar-refractivity contribution < 1.29 is 14.6 Å². The largest absolute Gasteiger partial charge is 0.507 e. The molecule has 0 saturated carbocycles. The molecule has 0 spiro atoms. The third kappa shape index (κ3) is 6.43. The molecule has 2 aromatic carbocycles. The Bertz CT molecular complexity index is 775. The summed E-state index contributed by atoms with van der Waals surface area (Å²) >= 11 is 11.7. The summed E-state index contributed by atoms with van der Waals surface area (Å²) in [4.78, 5) is 18.6. The molecule has 0 radical (unpaired) electrons. The van der Waals surface area contributed by atoms with E-state index < -0.39 is 12.0 Å². The fraction of sp³-hybridized carbons (Fsp3) is 0.333. The van der Waals surface area contributed by atoms with Gasteiger partial charge >= 0.3 is 5.97 Å². The van der Waals surface area contributed by atoms with E-state index in [4.69, 9.17) is 27.9 Å². The number of methoxy groups -OCH3 is 1. The molecule has 5 nitrogen and oxygen atoms in total. The van der Waals surface area contributed by atoms with Gasteiger partial charge in [0, 0.05) is 48.7 Å². The summed E-state index contributed by atoms with van der Waals surface area (Å²) in [6.45, 7) is 1.42. The number of benzene rings is 2. The van der Waals surface area contributed by atoms with Gasteiger partial charge in [0.05, 0.1) is 7.11 Å². The molecule has 0 aromatic heterocycles. The SMILES string of the molecule is COC(=O)C(Cc1ccc(N(CCCl)CCCl)cc1)N=Cc1ccccc1O. The van der Waals surface area contributed by atoms with Crippen LogP contribution in [-0.2, 0) is 16.0 Å². The quantitative estimate of drug-likeness (QED) is 0.358. The summed E-state index contributed by atoms with van der Waals surface area (Å²) in [5, 5.41) is 9.85. The monoisotopic (exact) mass is 422 g/mol. The number of aliphatic imine (C=N–C) groups is 1. The number of carbonyl (C=O) groups is 1. The second-order valence-corrected chi connectivity index (χ2v) is 6.87. The first-order chi connectivity index (χ1) is 13.6. The average molecular weight is 423 g/mol. The molecule has 7 heteroatoms. The summed E-state index contributed by atoms with van der Waals surface area (Å²) in [6, 6.07) is 14.0. The van der Waals surface area contributed by atoms with E-state index in [-0.39, 0.29) is 5.75 Å². The molecule has 0 saturated heterocycles. The van der Waals surface area contributed by atoms with Gasteiger partial charge < -0.3 is 14.7 Å². The van der Waals surface area contributed by atoms with Crippen LogP contribution in [0.4, 0.5) is 5.69 Å². The minimum Gasteiger partial charge on any atom is -0.507 e. The Kier molecular flexibility index (Phi) is 9.11. The van der Waals surface area contributed by atoms with E-state index in [1.54, 1.807) is 24.3 Å². The number of carbonyl (C=O) groups excluding carboxylic acids is 1. The highest BCUT2D eigenvalue weighted by Crippen LogP contribution is 2.18. The minimum absolute atomic E-state index is 0.109. The lowest BCUT2D eigenvalue weighted by Crippen LogP contribution is -2.27. The third-order valence-electron chi connectivity index (χ3n) is 4.24. The van der Waals surface area contributed by atoms with Crippen LogP contribution in [0.2, 0.25) is 0 Å². The Hall–Kier alpha value is -2.24. The molecule has 0 aliphatic carbocycles. The first-order valence-electron chi connectivity index (χ1n) is 8.93. The fourth-order valence-electron chi connectivity index (χ4n) is 2.74. The standard InChI is InChI=1S/C21H24Cl2N2O3/c1-28-21(27)19(24-15-17-4-2-3-5-20(17)26)14-16-6-8-18(9-7-16)25(12-10-22)13-11-23/h2-9,15,19,26H,10-14H2,1H3. The topological polar surface area (TPSA) is 62.1 Å². The summed E-state index contributed by atoms with van der Waals surface area (Å²) in [5.41, 5.74) is 2.52. The van der Waals surface area contributed by atoms with Gasteiger partial charge in [-0.2, -0.15) is 0 Å². The zero-order valence-electron chi connectivity index (χ0n) is 15.7. The Balaban J connectivity index is 2.14. The van der Waals surface area contributed by atoms with E-state index in [9.17, 15) is 9.90 Å². The first kappa shape index (κ1) is 22.1. The van der Waals surface area contributed by atoms with Crippen LogP contribution in [0.1, 0.15) is 11.1 Å². The summed E-state index contributed by atoms with van der Waals surface area (Å²) in [5.74, 6) is 0.716. The molecule has 0 fully saturated rings. The number of anilines is 1. The second-order valence-electron chi connectivity index (χ2n) is 6.11. The number of alkyl halides is 2. The van der Waals surface area contributed by atoms with Gasteiger partial charge in [0.2, 0.25) is 0 Å². The lowest BCUT2D eigenvalue weighted by atomic mass is 10.1. The Labute approximate surface area is 175 Å². The van der Waals surface area contributed by atoms with Crippen molar-refractivity contribution in [2.75, 3.05) is 36.9 Å². The predicted molar refractivity (Wildman–Crippen MR) is 115 cm³/mol. The van der Waals surface area contributed by atoms with E-state index in [1.165, 1.54) is 13.3 Å². The van der Waals surface area contributed by atoms with Gasteiger partial charge in [0.25, 0.3) is 0 Å². The van der Waals surface area contributed by atoms with Crippen LogP contribution in [0.15, 0.2) is 53.5 Å². The van der Waals surface area contributed by atoms with E-state index in [1.807, 2.05) is 24.3 Å². The number of hydrogen-bond donors (Lipinski definition) is 1. The summed E-state index contributed by atoms with van der Waals surface area (Å²) < 4.78 is 4.88. The molecule has 2 aromatic rings. The van der Waals surface area contributed by atoms with Crippen molar-refractivity contribution in [3.8, 4) is 5.75 Å². The highest BCUT2D eigenvalue weighted by Gasteiger charge is 2.18. The Morgan fingerprint density at radius 1 is 1.14 bits per heavy atom. The van der Waals surface area contributed by atoms with Crippen LogP contribution < -0.4 is 4.90 Å². The Morgan fingerprint density at radius 2 is 1.79 bits per heavy atom. The van der Waals surface area contributed by atoms with Gasteiger partial charge in [-0.15, -0.1) is 23.2 Å². The van der Waals surface area contributed by atoms with Gasteiger partial charge in [-0.3, -0.25) is 4.99 Å². The maximum absolute atomic E-state index is 12.1. The van der Waals surface area contributed by atoms with Gasteiger partial charge in [0.15, 0.2) is 6.04 Å². The molecule has 0 bridgehead atoms. The number of esters is 1. The molecule has 1 N–H and O–H groups in total. The number of phenols is 1. The first-order valence-corrected chi connectivity index (χ1v) is 10.0. The highest BCUT2D eigenvalue weighted by atomic mass is 35.5. The van der Waals surface area contributed by atoms with Gasteiger partial charge in [-0.1, -0.05) is 24.3 Å². The van der Waals surface area contributed by atoms with Crippen molar-refractivity contribution in [3.05, 3.63) is 59.7 Å². The lowest BCUT2D eigenvalue weighted by molar-refractivity contribution is -0.142. The molecule has 1 unspecified atom stereocenters. The third-order valence-corrected chi connectivity index (χ3v) is 4.58. The molecule has 28 heavy (non-hydrogen) atoms. The van der Waals surface area contributed by atoms with E-state index >= 15 is 0 Å². The fourth-order valence-corrected chi connectivity index (χ4v) is 3.15. The van der Waals surface area contributed by atoms with Crippen molar-refractivity contribution in [1.29, 1.82) is 0 Å². The van der Waals surface area contributed by atoms with Crippen LogP contribution in [-0.4, -0.2) is 55.3 Å². The number of ether oxygens (including phenoxy) is 1. The molecule has 2 rings (SSSR count). The minimum atomic E-state index is -0.697. The zero-order valence-corrected chi connectivity index (χ0v) is 17.2. The number of halogens is 2. The molecular weight excluding hydrogens is 399 g/mol. The molecule has 0 heterocycles. The maximum Gasteiger partial charge on any atom is 0.330 e. The maximum atomic E-state index is 12.1. The van der Waals surface area contributed by atoms with E-state index in [0.29, 0.717) is 36.8 Å². The van der Waals surface area contributed by atoms with Crippen LogP contribution in [0.5, 0.6) is 5.75 Å². The van der Waals surface area contributed by atoms with Crippen molar-refractivity contribution in [1.82, 2.24) is 0 Å². The summed E-state index contributed by atoms with van der Waals surface area (Å²) in [7, 11) is 1.34. The van der Waals surface area contributed by atoms with Crippen LogP contribution >= 0.6 is 23.2 Å². The van der Waals surface area contributed by atoms with Crippen molar-refractivity contribution >= 4 is 41.1 Å². The van der Waals surface area contributed by atoms with Gasteiger partial charge in [-0.25, -0.2) is 4.79 Å². The number of nitrogens with zero attached hydrogens (tertiary/aromatic N) is 2. The van der Waals surface area contributed by atoms with Crippen molar-refractivity contribution in [3.63, 3.8) is 0 Å². The second kappa shape index (κ2) is 11.6. The highest BCUT2D eigenvalue weighted by molar-refractivity contribution is 6.18. The van der Waals surface area contributed by atoms with Crippen LogP contribution in [0, 0.1) is 0 Å². The van der Waals surface area contributed by atoms with Crippen LogP contribution in [0.3, 0.4) is 0 Å². The molecule has 150 valence electrons. The normalized spacial score (nSPS) is 12.1. The van der Waals surface area contributed by atoms with E-state index in [2.05, 4.69) is 9.89 Å².